The molecule has 0 aromatic carbocycles. The summed E-state index contributed by atoms with van der Waals surface area (Å²) < 4.78 is 1.94. The van der Waals surface area contributed by atoms with Gasteiger partial charge in [-0.15, -0.1) is 0 Å². The molecule has 102 valence electrons. The highest BCUT2D eigenvalue weighted by molar-refractivity contribution is 5.66. The third kappa shape index (κ3) is 2.20. The van der Waals surface area contributed by atoms with E-state index in [4.69, 9.17) is 5.73 Å². The molecule has 18 heavy (non-hydrogen) atoms. The summed E-state index contributed by atoms with van der Waals surface area (Å²) in [4.78, 5) is 2.40. The number of nitrogens with zero attached hydrogens (tertiary/aromatic N) is 3. The summed E-state index contributed by atoms with van der Waals surface area (Å²) in [5.41, 5.74) is 8.48. The molecule has 4 heteroatoms. The number of aryl methyl sites for hydroxylation is 2. The maximum Gasteiger partial charge on any atom is 0.150 e. The highest BCUT2D eigenvalue weighted by atomic mass is 15.4. The summed E-state index contributed by atoms with van der Waals surface area (Å²) >= 11 is 0. The van der Waals surface area contributed by atoms with Crippen molar-refractivity contribution in [1.29, 1.82) is 0 Å². The molecule has 1 saturated heterocycles. The second kappa shape index (κ2) is 4.48. The first-order valence-electron chi connectivity index (χ1n) is 6.90. The highest BCUT2D eigenvalue weighted by Gasteiger charge is 2.33. The summed E-state index contributed by atoms with van der Waals surface area (Å²) in [6, 6.07) is 0. The van der Waals surface area contributed by atoms with E-state index in [0.717, 1.165) is 42.6 Å². The van der Waals surface area contributed by atoms with Crippen LogP contribution in [0.2, 0.25) is 0 Å². The first-order valence-corrected chi connectivity index (χ1v) is 6.90. The molecule has 0 aliphatic carbocycles. The van der Waals surface area contributed by atoms with Gasteiger partial charge in [-0.25, -0.2) is 0 Å². The van der Waals surface area contributed by atoms with Crippen molar-refractivity contribution in [3.8, 4) is 0 Å². The molecule has 0 amide bonds. The summed E-state index contributed by atoms with van der Waals surface area (Å²) in [7, 11) is 2.00. The van der Waals surface area contributed by atoms with Crippen LogP contribution < -0.4 is 10.6 Å². The van der Waals surface area contributed by atoms with Crippen LogP contribution in [0.4, 0.5) is 11.5 Å². The van der Waals surface area contributed by atoms with E-state index in [1.165, 1.54) is 6.42 Å². The van der Waals surface area contributed by atoms with Crippen LogP contribution >= 0.6 is 0 Å². The number of rotatable bonds is 2. The van der Waals surface area contributed by atoms with Crippen LogP contribution in [0.25, 0.3) is 0 Å². The topological polar surface area (TPSA) is 47.1 Å². The molecule has 0 spiro atoms. The molecule has 4 nitrogen and oxygen atoms in total. The Kier molecular flexibility index (Phi) is 3.30. The molecule has 0 saturated carbocycles. The molecule has 1 unspecified atom stereocenters. The average molecular weight is 250 g/mol. The SMILES string of the molecule is CCc1nn(C)c(N2CCC(C(C)(C)C)C2)c1N. The van der Waals surface area contributed by atoms with E-state index in [0.29, 0.717) is 5.41 Å². The van der Waals surface area contributed by atoms with Gasteiger partial charge in [-0.3, -0.25) is 4.68 Å². The van der Waals surface area contributed by atoms with Crippen molar-refractivity contribution in [3.63, 3.8) is 0 Å². The fourth-order valence-corrected chi connectivity index (χ4v) is 2.88. The Hall–Kier alpha value is -1.19. The van der Waals surface area contributed by atoms with E-state index in [9.17, 15) is 0 Å². The van der Waals surface area contributed by atoms with E-state index < -0.39 is 0 Å². The molecule has 1 aromatic rings. The molecule has 1 atom stereocenters. The lowest BCUT2D eigenvalue weighted by atomic mass is 9.80. The van der Waals surface area contributed by atoms with E-state index in [1.54, 1.807) is 0 Å². The Morgan fingerprint density at radius 3 is 2.50 bits per heavy atom. The van der Waals surface area contributed by atoms with Gasteiger partial charge in [-0.05, 0) is 24.2 Å². The van der Waals surface area contributed by atoms with E-state index in [2.05, 4.69) is 37.7 Å². The van der Waals surface area contributed by atoms with Gasteiger partial charge in [0.1, 0.15) is 5.82 Å². The fourth-order valence-electron chi connectivity index (χ4n) is 2.88. The van der Waals surface area contributed by atoms with Crippen molar-refractivity contribution in [2.75, 3.05) is 23.7 Å². The summed E-state index contributed by atoms with van der Waals surface area (Å²) in [5.74, 6) is 1.84. The average Bonchev–Trinajstić information content (AvgIpc) is 2.83. The molecule has 1 aromatic heterocycles. The zero-order chi connectivity index (χ0) is 13.5. The van der Waals surface area contributed by atoms with Crippen LogP contribution in [0.15, 0.2) is 0 Å². The van der Waals surface area contributed by atoms with Crippen LogP contribution in [-0.4, -0.2) is 22.9 Å². The zero-order valence-corrected chi connectivity index (χ0v) is 12.3. The first kappa shape index (κ1) is 13.2. The van der Waals surface area contributed by atoms with Crippen molar-refractivity contribution in [1.82, 2.24) is 9.78 Å². The maximum atomic E-state index is 6.22. The third-order valence-corrected chi connectivity index (χ3v) is 4.18. The van der Waals surface area contributed by atoms with Crippen molar-refractivity contribution >= 4 is 11.5 Å². The Bertz CT molecular complexity index is 428. The van der Waals surface area contributed by atoms with Gasteiger partial charge in [-0.2, -0.15) is 5.10 Å². The highest BCUT2D eigenvalue weighted by Crippen LogP contribution is 2.37. The van der Waals surface area contributed by atoms with Gasteiger partial charge in [0.05, 0.1) is 11.4 Å². The number of hydrogen-bond donors (Lipinski definition) is 1. The van der Waals surface area contributed by atoms with E-state index in [1.807, 2.05) is 11.7 Å². The minimum Gasteiger partial charge on any atom is -0.394 e. The third-order valence-electron chi connectivity index (χ3n) is 4.18. The van der Waals surface area contributed by atoms with E-state index in [-0.39, 0.29) is 0 Å². The zero-order valence-electron chi connectivity index (χ0n) is 12.3. The molecule has 1 aliphatic rings. The smallest absolute Gasteiger partial charge is 0.150 e. The van der Waals surface area contributed by atoms with Gasteiger partial charge in [0.2, 0.25) is 0 Å². The Balaban J connectivity index is 2.22. The lowest BCUT2D eigenvalue weighted by molar-refractivity contribution is 0.263. The van der Waals surface area contributed by atoms with Gasteiger partial charge in [0.25, 0.3) is 0 Å². The number of hydrogen-bond acceptors (Lipinski definition) is 3. The normalized spacial score (nSPS) is 20.7. The van der Waals surface area contributed by atoms with Gasteiger partial charge in [0.15, 0.2) is 0 Å². The lowest BCUT2D eigenvalue weighted by Gasteiger charge is -2.27. The van der Waals surface area contributed by atoms with Crippen molar-refractivity contribution in [2.24, 2.45) is 18.4 Å². The van der Waals surface area contributed by atoms with Crippen LogP contribution in [0.3, 0.4) is 0 Å². The van der Waals surface area contributed by atoms with Gasteiger partial charge in [-0.1, -0.05) is 27.7 Å². The molecule has 2 rings (SSSR count). The Morgan fingerprint density at radius 1 is 1.39 bits per heavy atom. The largest absolute Gasteiger partial charge is 0.394 e. The van der Waals surface area contributed by atoms with E-state index >= 15 is 0 Å². The quantitative estimate of drug-likeness (QED) is 0.877. The summed E-state index contributed by atoms with van der Waals surface area (Å²) in [6.45, 7) is 11.3. The van der Waals surface area contributed by atoms with Crippen LogP contribution in [0, 0.1) is 11.3 Å². The molecular weight excluding hydrogens is 224 g/mol. The molecule has 0 bridgehead atoms. The first-order chi connectivity index (χ1) is 8.34. The fraction of sp³-hybridized carbons (Fsp3) is 0.786. The van der Waals surface area contributed by atoms with Crippen LogP contribution in [0.1, 0.15) is 39.8 Å². The molecule has 1 aliphatic heterocycles. The number of aromatic nitrogens is 2. The van der Waals surface area contributed by atoms with Crippen LogP contribution in [-0.2, 0) is 13.5 Å². The summed E-state index contributed by atoms with van der Waals surface area (Å²) in [5, 5.41) is 4.51. The summed E-state index contributed by atoms with van der Waals surface area (Å²) in [6.07, 6.45) is 2.14. The number of nitrogens with two attached hydrogens (primary N) is 1. The van der Waals surface area contributed by atoms with Gasteiger partial charge >= 0.3 is 0 Å². The van der Waals surface area contributed by atoms with Crippen molar-refractivity contribution < 1.29 is 0 Å². The predicted molar refractivity (Wildman–Crippen MR) is 76.8 cm³/mol. The minimum absolute atomic E-state index is 0.371. The van der Waals surface area contributed by atoms with Crippen LogP contribution in [0.5, 0.6) is 0 Å². The van der Waals surface area contributed by atoms with Gasteiger partial charge in [0, 0.05) is 20.1 Å². The van der Waals surface area contributed by atoms with Gasteiger partial charge < -0.3 is 10.6 Å². The Morgan fingerprint density at radius 2 is 2.06 bits per heavy atom. The maximum absolute atomic E-state index is 6.22. The monoisotopic (exact) mass is 250 g/mol. The lowest BCUT2D eigenvalue weighted by Crippen LogP contribution is -2.27. The number of nitrogen functional groups attached to an aromatic ring is 1. The predicted octanol–water partition coefficient (Wildman–Crippen LogP) is 2.44. The minimum atomic E-state index is 0.371. The van der Waals surface area contributed by atoms with Crippen molar-refractivity contribution in [3.05, 3.63) is 5.69 Å². The second-order valence-corrected chi connectivity index (χ2v) is 6.46. The van der Waals surface area contributed by atoms with Crippen molar-refractivity contribution in [2.45, 2.75) is 40.5 Å². The Labute approximate surface area is 110 Å². The molecular formula is C14H26N4. The molecule has 2 heterocycles. The number of anilines is 2. The molecule has 0 radical (unpaired) electrons. The molecule has 2 N–H and O–H groups in total. The second-order valence-electron chi connectivity index (χ2n) is 6.46. The standard InChI is InChI=1S/C14H26N4/c1-6-11-12(15)13(17(5)16-11)18-8-7-10(9-18)14(2,3)4/h10H,6-9,15H2,1-5H3. The molecule has 1 fully saturated rings.